The van der Waals surface area contributed by atoms with Gasteiger partial charge in [-0.25, -0.2) is 4.79 Å². The minimum absolute atomic E-state index is 0.0127. The molecule has 9 heteroatoms. The van der Waals surface area contributed by atoms with Crippen molar-refractivity contribution in [2.75, 3.05) is 7.11 Å². The highest BCUT2D eigenvalue weighted by Gasteiger charge is 2.16. The van der Waals surface area contributed by atoms with E-state index in [1.54, 1.807) is 18.2 Å². The third-order valence-electron chi connectivity index (χ3n) is 3.29. The molecule has 0 spiro atoms. The molecule has 136 valence electrons. The fraction of sp³-hybridized carbons (Fsp3) is 0.176. The second kappa shape index (κ2) is 7.68. The largest absolute Gasteiger partial charge is 0.493 e. The highest BCUT2D eigenvalue weighted by atomic mass is 19.3. The van der Waals surface area contributed by atoms with Crippen LogP contribution in [0.2, 0.25) is 0 Å². The summed E-state index contributed by atoms with van der Waals surface area (Å²) in [5.74, 6) is 0.0139. The first-order chi connectivity index (χ1) is 12.6. The van der Waals surface area contributed by atoms with Gasteiger partial charge in [0.25, 0.3) is 0 Å². The Labute approximate surface area is 146 Å². The van der Waals surface area contributed by atoms with Crippen LogP contribution >= 0.6 is 0 Å². The zero-order valence-corrected chi connectivity index (χ0v) is 13.5. The van der Waals surface area contributed by atoms with Crippen LogP contribution < -0.4 is 9.47 Å². The fourth-order valence-electron chi connectivity index (χ4n) is 2.13. The predicted octanol–water partition coefficient (Wildman–Crippen LogP) is 3.90. The number of halogens is 2. The van der Waals surface area contributed by atoms with Gasteiger partial charge in [-0.15, -0.1) is 0 Å². The number of furan rings is 1. The summed E-state index contributed by atoms with van der Waals surface area (Å²) >= 11 is 0. The van der Waals surface area contributed by atoms with Crippen molar-refractivity contribution in [3.8, 4) is 23.0 Å². The van der Waals surface area contributed by atoms with E-state index < -0.39 is 12.6 Å². The van der Waals surface area contributed by atoms with Gasteiger partial charge in [-0.3, -0.25) is 0 Å². The molecule has 0 radical (unpaired) electrons. The van der Waals surface area contributed by atoms with Crippen molar-refractivity contribution in [1.82, 2.24) is 5.16 Å². The number of hydrogen-bond acceptors (Lipinski definition) is 7. The Balaban J connectivity index is 1.65. The highest BCUT2D eigenvalue weighted by molar-refractivity contribution is 5.90. The molecule has 0 aliphatic heterocycles. The van der Waals surface area contributed by atoms with Crippen molar-refractivity contribution >= 4 is 5.97 Å². The standard InChI is InChI=1S/C17H13F2NO6/c1-22-14-7-10(4-5-13(14)25-17(18)19)16(21)24-9-11-8-15(26-20-11)12-3-2-6-23-12/h2-8,17H,9H2,1H3. The van der Waals surface area contributed by atoms with Crippen LogP contribution in [0.4, 0.5) is 8.78 Å². The molecule has 26 heavy (non-hydrogen) atoms. The molecule has 0 bridgehead atoms. The van der Waals surface area contributed by atoms with Gasteiger partial charge in [0.2, 0.25) is 5.76 Å². The molecule has 0 saturated heterocycles. The number of benzene rings is 1. The second-order valence-electron chi connectivity index (χ2n) is 4.98. The van der Waals surface area contributed by atoms with Crippen LogP contribution in [-0.2, 0) is 11.3 Å². The Hall–Kier alpha value is -3.36. The summed E-state index contributed by atoms with van der Waals surface area (Å²) in [6.07, 6.45) is 1.49. The van der Waals surface area contributed by atoms with Gasteiger partial charge in [-0.2, -0.15) is 8.78 Å². The average Bonchev–Trinajstić information content (AvgIpc) is 3.30. The van der Waals surface area contributed by atoms with Gasteiger partial charge in [-0.05, 0) is 30.3 Å². The maximum absolute atomic E-state index is 12.3. The van der Waals surface area contributed by atoms with Gasteiger partial charge in [0.05, 0.1) is 18.9 Å². The first-order valence-corrected chi connectivity index (χ1v) is 7.36. The second-order valence-corrected chi connectivity index (χ2v) is 4.98. The first kappa shape index (κ1) is 17.5. The van der Waals surface area contributed by atoms with Gasteiger partial charge in [-0.1, -0.05) is 5.16 Å². The summed E-state index contributed by atoms with van der Waals surface area (Å²) in [5.41, 5.74) is 0.493. The zero-order chi connectivity index (χ0) is 18.5. The van der Waals surface area contributed by atoms with E-state index in [2.05, 4.69) is 9.89 Å². The lowest BCUT2D eigenvalue weighted by Gasteiger charge is -2.11. The van der Waals surface area contributed by atoms with E-state index in [0.29, 0.717) is 17.2 Å². The Kier molecular flexibility index (Phi) is 5.16. The quantitative estimate of drug-likeness (QED) is 0.587. The van der Waals surface area contributed by atoms with E-state index in [0.717, 1.165) is 0 Å². The predicted molar refractivity (Wildman–Crippen MR) is 83.0 cm³/mol. The summed E-state index contributed by atoms with van der Waals surface area (Å²) in [6.45, 7) is -3.14. The summed E-state index contributed by atoms with van der Waals surface area (Å²) in [7, 11) is 1.27. The molecule has 7 nitrogen and oxygen atoms in total. The summed E-state index contributed by atoms with van der Waals surface area (Å²) < 4.78 is 49.3. The third-order valence-corrected chi connectivity index (χ3v) is 3.29. The Morgan fingerprint density at radius 2 is 2.04 bits per heavy atom. The molecule has 2 aromatic heterocycles. The summed E-state index contributed by atoms with van der Waals surface area (Å²) in [6, 6.07) is 8.72. The number of hydrogen-bond donors (Lipinski definition) is 0. The van der Waals surface area contributed by atoms with Gasteiger partial charge in [0, 0.05) is 6.07 Å². The van der Waals surface area contributed by atoms with Gasteiger partial charge in [0.15, 0.2) is 17.3 Å². The van der Waals surface area contributed by atoms with Crippen LogP contribution in [0.25, 0.3) is 11.5 Å². The monoisotopic (exact) mass is 365 g/mol. The molecule has 0 N–H and O–H groups in total. The summed E-state index contributed by atoms with van der Waals surface area (Å²) in [4.78, 5) is 12.1. The molecule has 0 fully saturated rings. The summed E-state index contributed by atoms with van der Waals surface area (Å²) in [5, 5.41) is 3.78. The van der Waals surface area contributed by atoms with Crippen molar-refractivity contribution in [2.45, 2.75) is 13.2 Å². The van der Waals surface area contributed by atoms with E-state index in [4.69, 9.17) is 18.4 Å². The number of carbonyl (C=O) groups excluding carboxylic acids is 1. The molecule has 0 atom stereocenters. The van der Waals surface area contributed by atoms with Crippen molar-refractivity contribution in [1.29, 1.82) is 0 Å². The average molecular weight is 365 g/mol. The van der Waals surface area contributed by atoms with E-state index in [9.17, 15) is 13.6 Å². The van der Waals surface area contributed by atoms with E-state index >= 15 is 0 Å². The minimum atomic E-state index is -3.00. The number of ether oxygens (including phenoxy) is 3. The number of aromatic nitrogens is 1. The maximum Gasteiger partial charge on any atom is 0.387 e. The molecule has 1 aromatic carbocycles. The van der Waals surface area contributed by atoms with E-state index in [1.807, 2.05) is 0 Å². The molecule has 0 aliphatic carbocycles. The Morgan fingerprint density at radius 1 is 1.19 bits per heavy atom. The lowest BCUT2D eigenvalue weighted by Crippen LogP contribution is -2.07. The molecular weight excluding hydrogens is 352 g/mol. The topological polar surface area (TPSA) is 83.9 Å². The van der Waals surface area contributed by atoms with Crippen molar-refractivity contribution in [3.05, 3.63) is 53.9 Å². The van der Waals surface area contributed by atoms with Crippen LogP contribution in [0.1, 0.15) is 16.1 Å². The number of esters is 1. The number of carbonyl (C=O) groups is 1. The van der Waals surface area contributed by atoms with Gasteiger partial charge in [0.1, 0.15) is 12.3 Å². The van der Waals surface area contributed by atoms with Crippen molar-refractivity contribution in [3.63, 3.8) is 0 Å². The van der Waals surface area contributed by atoms with E-state index in [1.165, 1.54) is 31.6 Å². The molecule has 0 unspecified atom stereocenters. The molecule has 0 aliphatic rings. The molecule has 2 heterocycles. The van der Waals surface area contributed by atoms with Crippen molar-refractivity contribution < 1.29 is 36.7 Å². The number of nitrogens with zero attached hydrogens (tertiary/aromatic N) is 1. The number of rotatable bonds is 7. The van der Waals surface area contributed by atoms with Crippen LogP contribution in [0.5, 0.6) is 11.5 Å². The fourth-order valence-corrected chi connectivity index (χ4v) is 2.13. The zero-order valence-electron chi connectivity index (χ0n) is 13.5. The van der Waals surface area contributed by atoms with Crippen LogP contribution in [0.3, 0.4) is 0 Å². The third kappa shape index (κ3) is 4.00. The molecule has 0 amide bonds. The van der Waals surface area contributed by atoms with Crippen molar-refractivity contribution in [2.24, 2.45) is 0 Å². The number of alkyl halides is 2. The van der Waals surface area contributed by atoms with Gasteiger partial charge < -0.3 is 23.2 Å². The SMILES string of the molecule is COc1cc(C(=O)OCc2cc(-c3ccco3)on2)ccc1OC(F)F. The smallest absolute Gasteiger partial charge is 0.387 e. The maximum atomic E-state index is 12.3. The minimum Gasteiger partial charge on any atom is -0.493 e. The molecule has 0 saturated carbocycles. The highest BCUT2D eigenvalue weighted by Crippen LogP contribution is 2.30. The normalized spacial score (nSPS) is 10.8. The lowest BCUT2D eigenvalue weighted by atomic mass is 10.2. The Bertz CT molecular complexity index is 875. The van der Waals surface area contributed by atoms with Crippen LogP contribution in [-0.4, -0.2) is 24.8 Å². The lowest BCUT2D eigenvalue weighted by molar-refractivity contribution is -0.0512. The van der Waals surface area contributed by atoms with Crippen LogP contribution in [0.15, 0.2) is 51.6 Å². The number of methoxy groups -OCH3 is 1. The first-order valence-electron chi connectivity index (χ1n) is 7.36. The Morgan fingerprint density at radius 3 is 2.73 bits per heavy atom. The molecule has 3 aromatic rings. The van der Waals surface area contributed by atoms with E-state index in [-0.39, 0.29) is 23.7 Å². The molecule has 3 rings (SSSR count). The van der Waals surface area contributed by atoms with Gasteiger partial charge >= 0.3 is 12.6 Å². The van der Waals surface area contributed by atoms with Crippen LogP contribution in [0, 0.1) is 0 Å². The molecular formula is C17H13F2NO6.